The summed E-state index contributed by atoms with van der Waals surface area (Å²) >= 11 is 2.10. The third-order valence-electron chi connectivity index (χ3n) is 1.39. The van der Waals surface area contributed by atoms with Gasteiger partial charge in [-0.1, -0.05) is 0 Å². The zero-order valence-electron chi connectivity index (χ0n) is 5.02. The molecule has 9 heavy (non-hydrogen) atoms. The normalized spacial score (nSPS) is 19.9. The van der Waals surface area contributed by atoms with Gasteiger partial charge in [-0.05, 0) is 35.4 Å². The van der Waals surface area contributed by atoms with Crippen LogP contribution in [0.15, 0.2) is 9.78 Å². The first-order valence-corrected chi connectivity index (χ1v) is 3.99. The molecule has 0 aliphatic heterocycles. The molecule has 1 fully saturated rings. The molecule has 0 spiro atoms. The molecule has 0 aromatic rings. The van der Waals surface area contributed by atoms with Crippen LogP contribution >= 0.6 is 22.6 Å². The summed E-state index contributed by atoms with van der Waals surface area (Å²) in [6.07, 6.45) is 3.86. The Hall–Kier alpha value is -0.0600. The first-order valence-electron chi connectivity index (χ1n) is 2.92. The summed E-state index contributed by atoms with van der Waals surface area (Å²) in [5.41, 5.74) is 5.95. The first kappa shape index (κ1) is 7.05. The van der Waals surface area contributed by atoms with Gasteiger partial charge in [-0.25, -0.2) is 0 Å². The van der Waals surface area contributed by atoms with Gasteiger partial charge in [0.25, 0.3) is 0 Å². The molecule has 0 radical (unpaired) electrons. The highest BCUT2D eigenvalue weighted by molar-refractivity contribution is 14.1. The van der Waals surface area contributed by atoms with Crippen LogP contribution in [0, 0.1) is 11.3 Å². The van der Waals surface area contributed by atoms with Crippen LogP contribution < -0.4 is 5.73 Å². The molecule has 3 N–H and O–H groups in total. The number of halogens is 1. The molecule has 50 valence electrons. The third kappa shape index (κ3) is 1.67. The number of hydrogen-bond acceptors (Lipinski definition) is 2. The van der Waals surface area contributed by atoms with Crippen LogP contribution in [0.1, 0.15) is 12.8 Å². The van der Waals surface area contributed by atoms with E-state index < -0.39 is 0 Å². The van der Waals surface area contributed by atoms with Crippen LogP contribution in [0.2, 0.25) is 0 Å². The lowest BCUT2D eigenvalue weighted by Gasteiger charge is -1.95. The van der Waals surface area contributed by atoms with E-state index in [0.29, 0.717) is 5.92 Å². The molecular weight excluding hydrogens is 227 g/mol. The van der Waals surface area contributed by atoms with E-state index >= 15 is 0 Å². The number of hydrogen-bond donors (Lipinski definition) is 2. The van der Waals surface area contributed by atoms with Gasteiger partial charge in [-0.15, -0.1) is 0 Å². The maximum Gasteiger partial charge on any atom is 0.0495 e. The molecule has 0 atom stereocenters. The molecule has 1 rings (SSSR count). The molecule has 1 aliphatic rings. The van der Waals surface area contributed by atoms with Gasteiger partial charge in [0, 0.05) is 21.4 Å². The quantitative estimate of drug-likeness (QED) is 0.555. The lowest BCUT2D eigenvalue weighted by molar-refractivity contribution is 1.17. The highest BCUT2D eigenvalue weighted by Gasteiger charge is 2.27. The maximum atomic E-state index is 7.46. The molecule has 3 heteroatoms. The molecule has 2 nitrogen and oxygen atoms in total. The fraction of sp³-hybridized carbons (Fsp3) is 0.500. The Labute approximate surface area is 68.2 Å². The van der Waals surface area contributed by atoms with E-state index in [4.69, 9.17) is 11.1 Å². The van der Waals surface area contributed by atoms with E-state index in [0.717, 1.165) is 9.29 Å². The second-order valence-corrected chi connectivity index (χ2v) is 3.36. The van der Waals surface area contributed by atoms with E-state index in [1.165, 1.54) is 19.0 Å². The summed E-state index contributed by atoms with van der Waals surface area (Å²) in [7, 11) is 0. The number of nitrogens with two attached hydrogens (primary N) is 1. The van der Waals surface area contributed by atoms with Crippen molar-refractivity contribution < 1.29 is 0 Å². The first-order chi connectivity index (χ1) is 4.25. The zero-order valence-corrected chi connectivity index (χ0v) is 7.18. The summed E-state index contributed by atoms with van der Waals surface area (Å²) in [5.74, 6) is 0.525. The minimum absolute atomic E-state index is 0.525. The van der Waals surface area contributed by atoms with Gasteiger partial charge >= 0.3 is 0 Å². The van der Waals surface area contributed by atoms with E-state index in [1.54, 1.807) is 0 Å². The van der Waals surface area contributed by atoms with Crippen molar-refractivity contribution in [2.45, 2.75) is 12.8 Å². The van der Waals surface area contributed by atoms with E-state index in [9.17, 15) is 0 Å². The van der Waals surface area contributed by atoms with Crippen LogP contribution in [0.25, 0.3) is 0 Å². The Bertz CT molecular complexity index is 158. The number of allylic oxidation sites excluding steroid dienone is 1. The average Bonchev–Trinajstić information content (AvgIpc) is 2.66. The maximum absolute atomic E-state index is 7.46. The van der Waals surface area contributed by atoms with Crippen molar-refractivity contribution in [1.82, 2.24) is 0 Å². The monoisotopic (exact) mass is 236 g/mol. The molecule has 0 amide bonds. The average molecular weight is 236 g/mol. The van der Waals surface area contributed by atoms with Crippen LogP contribution in [0.5, 0.6) is 0 Å². The molecule has 0 heterocycles. The molecular formula is C6H9IN2. The van der Waals surface area contributed by atoms with Crippen LogP contribution in [-0.4, -0.2) is 5.71 Å². The Balaban J connectivity index is 2.50. The largest absolute Gasteiger partial charge is 0.404 e. The summed E-state index contributed by atoms with van der Waals surface area (Å²) < 4.78 is 0.898. The topological polar surface area (TPSA) is 49.9 Å². The predicted octanol–water partition coefficient (Wildman–Crippen LogP) is 1.65. The summed E-state index contributed by atoms with van der Waals surface area (Å²) in [6.45, 7) is 0. The third-order valence-corrected chi connectivity index (χ3v) is 2.33. The number of nitrogens with one attached hydrogen (secondary N) is 1. The molecule has 1 saturated carbocycles. The van der Waals surface area contributed by atoms with Gasteiger partial charge in [0.15, 0.2) is 0 Å². The second kappa shape index (κ2) is 2.68. The fourth-order valence-corrected chi connectivity index (χ4v) is 1.10. The fourth-order valence-electron chi connectivity index (χ4n) is 0.657. The molecule has 0 aromatic heterocycles. The lowest BCUT2D eigenvalue weighted by atomic mass is 10.2. The van der Waals surface area contributed by atoms with Crippen molar-refractivity contribution in [3.63, 3.8) is 0 Å². The Morgan fingerprint density at radius 3 is 2.56 bits per heavy atom. The summed E-state index contributed by atoms with van der Waals surface area (Å²) in [5, 5.41) is 7.46. The van der Waals surface area contributed by atoms with Gasteiger partial charge in [0.05, 0.1) is 0 Å². The smallest absolute Gasteiger partial charge is 0.0495 e. The van der Waals surface area contributed by atoms with Crippen LogP contribution in [0.3, 0.4) is 0 Å². The SMILES string of the molecule is N=C(/C(I)=C\N)C1CC1. The minimum Gasteiger partial charge on any atom is -0.404 e. The summed E-state index contributed by atoms with van der Waals surface area (Å²) in [4.78, 5) is 0. The van der Waals surface area contributed by atoms with Crippen LogP contribution in [0.4, 0.5) is 0 Å². The van der Waals surface area contributed by atoms with Crippen molar-refractivity contribution in [2.24, 2.45) is 11.7 Å². The van der Waals surface area contributed by atoms with Gasteiger partial charge in [-0.3, -0.25) is 0 Å². The Morgan fingerprint density at radius 1 is 1.67 bits per heavy atom. The van der Waals surface area contributed by atoms with Crippen molar-refractivity contribution in [1.29, 1.82) is 5.41 Å². The number of rotatable bonds is 2. The zero-order chi connectivity index (χ0) is 6.85. The predicted molar refractivity (Wildman–Crippen MR) is 46.7 cm³/mol. The minimum atomic E-state index is 0.525. The molecule has 0 bridgehead atoms. The standard InChI is InChI=1S/C6H9IN2/c7-5(3-8)6(9)4-1-2-4/h3-4,9H,1-2,8H2/b5-3+,9-6?. The molecule has 0 aromatic carbocycles. The van der Waals surface area contributed by atoms with Crippen LogP contribution in [-0.2, 0) is 0 Å². The van der Waals surface area contributed by atoms with E-state index in [2.05, 4.69) is 22.6 Å². The van der Waals surface area contributed by atoms with Crippen molar-refractivity contribution in [3.05, 3.63) is 9.78 Å². The summed E-state index contributed by atoms with van der Waals surface area (Å²) in [6, 6.07) is 0. The Kier molecular flexibility index (Phi) is 2.10. The van der Waals surface area contributed by atoms with E-state index in [1.807, 2.05) is 0 Å². The van der Waals surface area contributed by atoms with Gasteiger partial charge in [0.2, 0.25) is 0 Å². The van der Waals surface area contributed by atoms with Gasteiger partial charge in [-0.2, -0.15) is 0 Å². The van der Waals surface area contributed by atoms with Crippen molar-refractivity contribution in [3.8, 4) is 0 Å². The highest BCUT2D eigenvalue weighted by atomic mass is 127. The van der Waals surface area contributed by atoms with Gasteiger partial charge in [0.1, 0.15) is 0 Å². The van der Waals surface area contributed by atoms with Gasteiger partial charge < -0.3 is 11.1 Å². The molecule has 0 saturated heterocycles. The highest BCUT2D eigenvalue weighted by Crippen LogP contribution is 2.33. The Morgan fingerprint density at radius 2 is 2.22 bits per heavy atom. The van der Waals surface area contributed by atoms with Crippen molar-refractivity contribution in [2.75, 3.05) is 0 Å². The molecule has 0 unspecified atom stereocenters. The van der Waals surface area contributed by atoms with Crippen molar-refractivity contribution >= 4 is 28.3 Å². The lowest BCUT2D eigenvalue weighted by Crippen LogP contribution is -1.99. The van der Waals surface area contributed by atoms with E-state index in [-0.39, 0.29) is 0 Å². The second-order valence-electron chi connectivity index (χ2n) is 2.20. The molecule has 1 aliphatic carbocycles.